The van der Waals surface area contributed by atoms with Crippen LogP contribution in [-0.2, 0) is 10.5 Å². The Morgan fingerprint density at radius 2 is 2.00 bits per heavy atom. The van der Waals surface area contributed by atoms with Gasteiger partial charge in [-0.25, -0.2) is 9.98 Å². The summed E-state index contributed by atoms with van der Waals surface area (Å²) in [4.78, 5) is 19.5. The molecule has 1 spiro atoms. The molecule has 0 aliphatic carbocycles. The molecule has 0 radical (unpaired) electrons. The minimum Gasteiger partial charge on any atom is -0.319 e. The number of nitrogens with one attached hydrogen (secondary N) is 4. The summed E-state index contributed by atoms with van der Waals surface area (Å²) in [7, 11) is 0. The zero-order valence-corrected chi connectivity index (χ0v) is 13.9. The Bertz CT molecular complexity index is 1070. The van der Waals surface area contributed by atoms with E-state index < -0.39 is 5.66 Å². The molecule has 1 atom stereocenters. The van der Waals surface area contributed by atoms with Crippen LogP contribution >= 0.6 is 15.9 Å². The number of H-pyrrole nitrogens is 1. The summed E-state index contributed by atoms with van der Waals surface area (Å²) >= 11 is 3.49. The van der Waals surface area contributed by atoms with E-state index in [1.165, 1.54) is 0 Å². The quantitative estimate of drug-likeness (QED) is 0.343. The van der Waals surface area contributed by atoms with E-state index in [9.17, 15) is 4.79 Å². The minimum atomic E-state index is -1.15. The maximum Gasteiger partial charge on any atom is 0.369 e. The number of benzene rings is 2. The van der Waals surface area contributed by atoms with Crippen molar-refractivity contribution in [2.75, 3.05) is 10.6 Å². The molecular formula is C16H13BrN6O+2. The SMILES string of the molecule is NC1=[NH+][C@@]2(C(=O)Nc3ccc(Br)cc32)[n+]2c([nH]c3ccccc32)N1. The van der Waals surface area contributed by atoms with Crippen molar-refractivity contribution >= 4 is 50.5 Å². The number of aromatic amines is 1. The second-order valence-electron chi connectivity index (χ2n) is 5.84. The second kappa shape index (κ2) is 4.35. The van der Waals surface area contributed by atoms with Gasteiger partial charge >= 0.3 is 23.5 Å². The zero-order chi connectivity index (χ0) is 16.5. The Hall–Kier alpha value is -2.87. The van der Waals surface area contributed by atoms with Crippen LogP contribution in [0.1, 0.15) is 5.56 Å². The van der Waals surface area contributed by atoms with Gasteiger partial charge in [0.2, 0.25) is 0 Å². The van der Waals surface area contributed by atoms with Crippen LogP contribution in [0.15, 0.2) is 46.9 Å². The molecule has 2 aliphatic rings. The molecule has 3 aromatic rings. The van der Waals surface area contributed by atoms with Crippen LogP contribution in [-0.4, -0.2) is 16.9 Å². The molecule has 3 heterocycles. The summed E-state index contributed by atoms with van der Waals surface area (Å²) < 4.78 is 2.80. The smallest absolute Gasteiger partial charge is 0.319 e. The molecule has 1 aromatic heterocycles. The van der Waals surface area contributed by atoms with Crippen LogP contribution in [0.4, 0.5) is 11.6 Å². The predicted molar refractivity (Wildman–Crippen MR) is 92.1 cm³/mol. The number of halogens is 1. The molecule has 0 fully saturated rings. The van der Waals surface area contributed by atoms with E-state index in [1.54, 1.807) is 0 Å². The average Bonchev–Trinajstić information content (AvgIpc) is 3.04. The molecule has 2 aromatic carbocycles. The lowest BCUT2D eigenvalue weighted by molar-refractivity contribution is -0.872. The lowest BCUT2D eigenvalue weighted by atomic mass is 10.00. The maximum absolute atomic E-state index is 13.0. The highest BCUT2D eigenvalue weighted by molar-refractivity contribution is 9.10. The number of carbonyl (C=O) groups is 1. The monoisotopic (exact) mass is 384 g/mol. The Kier molecular flexibility index (Phi) is 2.46. The van der Waals surface area contributed by atoms with E-state index in [0.29, 0.717) is 11.9 Å². The number of nitrogens with zero attached hydrogens (tertiary/aromatic N) is 1. The number of anilines is 2. The van der Waals surface area contributed by atoms with Gasteiger partial charge in [-0.1, -0.05) is 28.1 Å². The third-order valence-corrected chi connectivity index (χ3v) is 4.97. The van der Waals surface area contributed by atoms with E-state index in [0.717, 1.165) is 26.8 Å². The van der Waals surface area contributed by atoms with Gasteiger partial charge in [-0.15, -0.1) is 0 Å². The minimum absolute atomic E-state index is 0.184. The summed E-state index contributed by atoms with van der Waals surface area (Å²) in [5.74, 6) is 0.774. The normalized spacial score (nSPS) is 21.2. The molecule has 1 amide bonds. The van der Waals surface area contributed by atoms with Crippen molar-refractivity contribution in [1.82, 2.24) is 4.98 Å². The first-order valence-corrected chi connectivity index (χ1v) is 8.21. The van der Waals surface area contributed by atoms with E-state index >= 15 is 0 Å². The molecule has 2 aliphatic heterocycles. The summed E-state index contributed by atoms with van der Waals surface area (Å²) in [5.41, 5.74) is 8.27. The molecule has 0 unspecified atom stereocenters. The number of carbonyl (C=O) groups excluding carboxylic acids is 1. The third-order valence-electron chi connectivity index (χ3n) is 4.47. The fourth-order valence-electron chi connectivity index (χ4n) is 3.53. The van der Waals surface area contributed by atoms with Crippen LogP contribution in [0.2, 0.25) is 0 Å². The van der Waals surface area contributed by atoms with Crippen molar-refractivity contribution in [2.45, 2.75) is 5.66 Å². The number of imidazole rings is 1. The lowest BCUT2D eigenvalue weighted by Gasteiger charge is -2.24. The van der Waals surface area contributed by atoms with E-state index in [4.69, 9.17) is 5.73 Å². The number of rotatable bonds is 0. The molecule has 5 rings (SSSR count). The molecule has 7 nitrogen and oxygen atoms in total. The van der Waals surface area contributed by atoms with Crippen molar-refractivity contribution in [3.05, 3.63) is 52.5 Å². The standard InChI is InChI=1S/C16H11BrN6O/c17-8-5-6-10-9(7-8)16(13(24)19-10)22-14(18)21-15-20-11-3-1-2-4-12(11)23(15)16/h1-7H,(H4,18,19,20,21,22,24)/p+2/t16-/m1/s1. The van der Waals surface area contributed by atoms with Gasteiger partial charge in [0, 0.05) is 4.47 Å². The Morgan fingerprint density at radius 3 is 2.88 bits per heavy atom. The molecule has 0 saturated carbocycles. The van der Waals surface area contributed by atoms with Crippen LogP contribution in [0.3, 0.4) is 0 Å². The van der Waals surface area contributed by atoms with Gasteiger partial charge < -0.3 is 5.32 Å². The summed E-state index contributed by atoms with van der Waals surface area (Å²) in [6.07, 6.45) is 0. The van der Waals surface area contributed by atoms with Crippen LogP contribution in [0.25, 0.3) is 11.0 Å². The van der Waals surface area contributed by atoms with Crippen molar-refractivity contribution in [3.8, 4) is 0 Å². The fourth-order valence-corrected chi connectivity index (χ4v) is 3.89. The average molecular weight is 385 g/mol. The largest absolute Gasteiger partial charge is 0.369 e. The molecule has 0 bridgehead atoms. The van der Waals surface area contributed by atoms with Crippen LogP contribution in [0, 0.1) is 0 Å². The number of para-hydroxylation sites is 2. The topological polar surface area (TPSA) is 101 Å². The molecular weight excluding hydrogens is 372 g/mol. The summed E-state index contributed by atoms with van der Waals surface area (Å²) in [5, 5.41) is 6.01. The zero-order valence-electron chi connectivity index (χ0n) is 12.4. The number of fused-ring (bicyclic) bond motifs is 6. The summed E-state index contributed by atoms with van der Waals surface area (Å²) in [6, 6.07) is 13.5. The van der Waals surface area contributed by atoms with E-state index in [2.05, 4.69) is 36.5 Å². The summed E-state index contributed by atoms with van der Waals surface area (Å²) in [6.45, 7) is 0. The van der Waals surface area contributed by atoms with E-state index in [1.807, 2.05) is 47.0 Å². The van der Waals surface area contributed by atoms with Gasteiger partial charge in [0.1, 0.15) is 11.0 Å². The van der Waals surface area contributed by atoms with E-state index in [-0.39, 0.29) is 5.91 Å². The molecule has 24 heavy (non-hydrogen) atoms. The van der Waals surface area contributed by atoms with Crippen molar-refractivity contribution in [3.63, 3.8) is 0 Å². The first-order chi connectivity index (χ1) is 11.6. The highest BCUT2D eigenvalue weighted by atomic mass is 79.9. The highest BCUT2D eigenvalue weighted by Crippen LogP contribution is 2.35. The molecule has 118 valence electrons. The Morgan fingerprint density at radius 1 is 1.17 bits per heavy atom. The lowest BCUT2D eigenvalue weighted by Crippen LogP contribution is -3.00. The van der Waals surface area contributed by atoms with Gasteiger partial charge in [0.25, 0.3) is 0 Å². The number of nitrogens with two attached hydrogens (primary N) is 1. The third kappa shape index (κ3) is 1.53. The van der Waals surface area contributed by atoms with Gasteiger partial charge in [0.05, 0.1) is 11.3 Å². The first-order valence-electron chi connectivity index (χ1n) is 7.42. The molecule has 0 saturated heterocycles. The van der Waals surface area contributed by atoms with Crippen LogP contribution in [0.5, 0.6) is 0 Å². The number of guanidine groups is 1. The van der Waals surface area contributed by atoms with Gasteiger partial charge in [-0.3, -0.25) is 10.5 Å². The predicted octanol–water partition coefficient (Wildman–Crippen LogP) is -0.308. The van der Waals surface area contributed by atoms with Gasteiger partial charge in [-0.2, -0.15) is 9.88 Å². The number of hydrogen-bond donors (Lipinski definition) is 5. The van der Waals surface area contributed by atoms with Gasteiger partial charge in [0.15, 0.2) is 0 Å². The van der Waals surface area contributed by atoms with Crippen molar-refractivity contribution < 1.29 is 14.4 Å². The fraction of sp³-hybridized carbons (Fsp3) is 0.0625. The molecule has 6 N–H and O–H groups in total. The van der Waals surface area contributed by atoms with Crippen LogP contribution < -0.4 is 25.9 Å². The number of hydrogen-bond acceptors (Lipinski definition) is 3. The highest BCUT2D eigenvalue weighted by Gasteiger charge is 2.58. The first kappa shape index (κ1) is 13.6. The van der Waals surface area contributed by atoms with Crippen molar-refractivity contribution in [1.29, 1.82) is 0 Å². The van der Waals surface area contributed by atoms with Gasteiger partial charge in [-0.05, 0) is 30.3 Å². The maximum atomic E-state index is 13.0. The Labute approximate surface area is 144 Å². The second-order valence-corrected chi connectivity index (χ2v) is 6.76. The number of aromatic nitrogens is 2. The number of amides is 1. The van der Waals surface area contributed by atoms with Crippen molar-refractivity contribution in [2.24, 2.45) is 5.73 Å². The Balaban J connectivity index is 1.94. The molecule has 8 heteroatoms.